The quantitative estimate of drug-likeness (QED) is 0.473. The zero-order chi connectivity index (χ0) is 13.9. The Labute approximate surface area is 110 Å². The van der Waals surface area contributed by atoms with Crippen LogP contribution in [0.2, 0.25) is 0 Å². The zero-order valence-electron chi connectivity index (χ0n) is 9.91. The van der Waals surface area contributed by atoms with E-state index >= 15 is 0 Å². The number of hydrogen-bond acceptors (Lipinski definition) is 4. The predicted octanol–water partition coefficient (Wildman–Crippen LogP) is 2.11. The number of non-ortho nitro benzene ring substituents is 1. The smallest absolute Gasteiger partial charge is 0.258 e. The summed E-state index contributed by atoms with van der Waals surface area (Å²) in [5, 5.41) is 10.1. The molecule has 0 aliphatic heterocycles. The molecule has 100 valence electrons. The molecule has 8 heteroatoms. The molecule has 0 aliphatic carbocycles. The van der Waals surface area contributed by atoms with Gasteiger partial charge in [-0.2, -0.15) is 4.31 Å². The minimum atomic E-state index is -3.55. The number of rotatable bonds is 5. The van der Waals surface area contributed by atoms with Crippen LogP contribution in [0, 0.1) is 10.1 Å². The van der Waals surface area contributed by atoms with Gasteiger partial charge in [-0.05, 0) is 12.5 Å². The molecule has 0 N–H and O–H groups in total. The minimum absolute atomic E-state index is 0.0731. The van der Waals surface area contributed by atoms with Gasteiger partial charge in [-0.25, -0.2) is 8.42 Å². The van der Waals surface area contributed by atoms with Crippen LogP contribution in [-0.2, 0) is 10.0 Å². The first kappa shape index (κ1) is 14.9. The van der Waals surface area contributed by atoms with Crippen molar-refractivity contribution in [2.24, 2.45) is 0 Å². The van der Waals surface area contributed by atoms with Gasteiger partial charge in [0.15, 0.2) is 0 Å². The van der Waals surface area contributed by atoms with E-state index in [1.165, 1.54) is 25.2 Å². The third-order valence-electron chi connectivity index (χ3n) is 2.69. The first-order valence-electron chi connectivity index (χ1n) is 5.05. The Morgan fingerprint density at radius 1 is 1.50 bits per heavy atom. The van der Waals surface area contributed by atoms with Crippen molar-refractivity contribution >= 4 is 27.3 Å². The van der Waals surface area contributed by atoms with E-state index in [1.54, 1.807) is 13.0 Å². The van der Waals surface area contributed by atoms with E-state index in [9.17, 15) is 18.5 Å². The minimum Gasteiger partial charge on any atom is -0.258 e. The van der Waals surface area contributed by atoms with Gasteiger partial charge >= 0.3 is 0 Å². The molecular formula is C10H13ClN2O4S. The summed E-state index contributed by atoms with van der Waals surface area (Å²) in [5.74, 6) is 0. The largest absolute Gasteiger partial charge is 0.269 e. The number of sulfonamides is 1. The van der Waals surface area contributed by atoms with Crippen LogP contribution in [0.3, 0.4) is 0 Å². The fraction of sp³-hybridized carbons (Fsp3) is 0.400. The van der Waals surface area contributed by atoms with Crippen molar-refractivity contribution in [1.82, 2.24) is 4.31 Å². The molecule has 6 nitrogen and oxygen atoms in total. The molecule has 0 spiro atoms. The van der Waals surface area contributed by atoms with E-state index in [0.717, 1.165) is 4.31 Å². The average Bonchev–Trinajstić information content (AvgIpc) is 2.37. The van der Waals surface area contributed by atoms with E-state index in [2.05, 4.69) is 0 Å². The Morgan fingerprint density at radius 2 is 2.11 bits per heavy atom. The fourth-order valence-electron chi connectivity index (χ4n) is 1.43. The summed E-state index contributed by atoms with van der Waals surface area (Å²) in [6, 6.07) is 5.34. The van der Waals surface area contributed by atoms with Gasteiger partial charge < -0.3 is 0 Å². The van der Waals surface area contributed by atoms with Gasteiger partial charge in [0.1, 0.15) is 5.21 Å². The lowest BCUT2D eigenvalue weighted by atomic mass is 10.1. The second kappa shape index (κ2) is 5.64. The first-order chi connectivity index (χ1) is 8.29. The lowest BCUT2D eigenvalue weighted by Gasteiger charge is -2.23. The molecular weight excluding hydrogens is 280 g/mol. The second-order valence-corrected chi connectivity index (χ2v) is 6.38. The summed E-state index contributed by atoms with van der Waals surface area (Å²) in [6.07, 6.45) is 0. The highest BCUT2D eigenvalue weighted by Crippen LogP contribution is 2.25. The highest BCUT2D eigenvalue weighted by atomic mass is 35.5. The molecule has 1 unspecified atom stereocenters. The van der Waals surface area contributed by atoms with Crippen molar-refractivity contribution in [3.63, 3.8) is 0 Å². The summed E-state index contributed by atoms with van der Waals surface area (Å²) < 4.78 is 24.3. The van der Waals surface area contributed by atoms with Crippen LogP contribution in [0.25, 0.3) is 0 Å². The van der Waals surface area contributed by atoms with Crippen molar-refractivity contribution < 1.29 is 13.3 Å². The maximum Gasteiger partial charge on any atom is 0.269 e. The standard InChI is InChI=1S/C10H13ClN2O4S/c1-8(12(2)18(16,17)7-11)9-4-3-5-10(6-9)13(14)15/h3-6,8H,7H2,1-2H3. The summed E-state index contributed by atoms with van der Waals surface area (Å²) in [4.78, 5) is 10.1. The van der Waals surface area contributed by atoms with Gasteiger partial charge in [0.2, 0.25) is 10.0 Å². The Bertz CT molecular complexity index is 547. The van der Waals surface area contributed by atoms with Crippen LogP contribution in [0.4, 0.5) is 5.69 Å². The van der Waals surface area contributed by atoms with Crippen molar-refractivity contribution in [3.8, 4) is 0 Å². The predicted molar refractivity (Wildman–Crippen MR) is 68.9 cm³/mol. The Kier molecular flexibility index (Phi) is 4.66. The third kappa shape index (κ3) is 3.18. The van der Waals surface area contributed by atoms with Crippen LogP contribution in [0.15, 0.2) is 24.3 Å². The van der Waals surface area contributed by atoms with Gasteiger partial charge in [0.05, 0.1) is 4.92 Å². The highest BCUT2D eigenvalue weighted by Gasteiger charge is 2.24. The molecule has 0 heterocycles. The molecule has 0 amide bonds. The van der Waals surface area contributed by atoms with Gasteiger partial charge in [-0.3, -0.25) is 10.1 Å². The van der Waals surface area contributed by atoms with Crippen molar-refractivity contribution in [2.45, 2.75) is 13.0 Å². The maximum atomic E-state index is 11.6. The number of nitro benzene ring substituents is 1. The van der Waals surface area contributed by atoms with Crippen LogP contribution in [-0.4, -0.2) is 29.9 Å². The highest BCUT2D eigenvalue weighted by molar-refractivity contribution is 7.90. The Balaban J connectivity index is 3.08. The topological polar surface area (TPSA) is 80.5 Å². The van der Waals surface area contributed by atoms with Crippen LogP contribution < -0.4 is 0 Å². The normalized spacial score (nSPS) is 13.6. The van der Waals surface area contributed by atoms with E-state index in [1.807, 2.05) is 0 Å². The Morgan fingerprint density at radius 3 is 2.61 bits per heavy atom. The summed E-state index contributed by atoms with van der Waals surface area (Å²) in [5.41, 5.74) is 0.469. The molecule has 18 heavy (non-hydrogen) atoms. The second-order valence-electron chi connectivity index (χ2n) is 3.77. The van der Waals surface area contributed by atoms with E-state index in [0.29, 0.717) is 5.56 Å². The summed E-state index contributed by atoms with van der Waals surface area (Å²) in [6.45, 7) is 1.64. The number of nitro groups is 1. The first-order valence-corrected chi connectivity index (χ1v) is 7.20. The monoisotopic (exact) mass is 292 g/mol. The number of benzene rings is 1. The lowest BCUT2D eigenvalue weighted by molar-refractivity contribution is -0.384. The van der Waals surface area contributed by atoms with Gasteiger partial charge in [0, 0.05) is 25.2 Å². The maximum absolute atomic E-state index is 11.6. The van der Waals surface area contributed by atoms with Gasteiger partial charge in [-0.15, -0.1) is 11.6 Å². The molecule has 0 aromatic heterocycles. The van der Waals surface area contributed by atoms with Crippen LogP contribution in [0.5, 0.6) is 0 Å². The molecule has 0 aliphatic rings. The number of hydrogen-bond donors (Lipinski definition) is 0. The molecule has 0 bridgehead atoms. The summed E-state index contributed by atoms with van der Waals surface area (Å²) >= 11 is 5.36. The Hall–Kier alpha value is -1.18. The third-order valence-corrected chi connectivity index (χ3v) is 4.98. The number of alkyl halides is 1. The summed E-state index contributed by atoms with van der Waals surface area (Å²) in [7, 11) is -2.16. The van der Waals surface area contributed by atoms with Crippen molar-refractivity contribution in [3.05, 3.63) is 39.9 Å². The van der Waals surface area contributed by atoms with Gasteiger partial charge in [0.25, 0.3) is 5.69 Å². The molecule has 1 aromatic rings. The van der Waals surface area contributed by atoms with Crippen molar-refractivity contribution in [1.29, 1.82) is 0 Å². The molecule has 0 saturated carbocycles. The van der Waals surface area contributed by atoms with E-state index in [4.69, 9.17) is 11.6 Å². The zero-order valence-corrected chi connectivity index (χ0v) is 11.5. The molecule has 1 atom stereocenters. The van der Waals surface area contributed by atoms with E-state index < -0.39 is 26.2 Å². The fourth-order valence-corrected chi connectivity index (χ4v) is 2.65. The molecule has 0 saturated heterocycles. The van der Waals surface area contributed by atoms with Crippen molar-refractivity contribution in [2.75, 3.05) is 12.3 Å². The number of nitrogens with zero attached hydrogens (tertiary/aromatic N) is 2. The number of halogens is 1. The lowest BCUT2D eigenvalue weighted by Crippen LogP contribution is -2.30. The van der Waals surface area contributed by atoms with Gasteiger partial charge in [-0.1, -0.05) is 12.1 Å². The molecule has 1 aromatic carbocycles. The van der Waals surface area contributed by atoms with E-state index in [-0.39, 0.29) is 5.69 Å². The van der Waals surface area contributed by atoms with Crippen LogP contribution >= 0.6 is 11.6 Å². The average molecular weight is 293 g/mol. The molecule has 0 radical (unpaired) electrons. The van der Waals surface area contributed by atoms with Crippen LogP contribution in [0.1, 0.15) is 18.5 Å². The molecule has 0 fully saturated rings. The molecule has 1 rings (SSSR count). The SMILES string of the molecule is CC(c1cccc([N+](=O)[O-])c1)N(C)S(=O)(=O)CCl.